The molecule has 0 aromatic heterocycles. The Morgan fingerprint density at radius 2 is 1.81 bits per heavy atom. The van der Waals surface area contributed by atoms with Gasteiger partial charge in [0.05, 0.1) is 30.2 Å². The summed E-state index contributed by atoms with van der Waals surface area (Å²) < 4.78 is 23.5. The van der Waals surface area contributed by atoms with Crippen LogP contribution in [0.3, 0.4) is 0 Å². The van der Waals surface area contributed by atoms with E-state index < -0.39 is 42.3 Å². The highest BCUT2D eigenvalue weighted by Crippen LogP contribution is 2.55. The first-order valence-corrected chi connectivity index (χ1v) is 16.6. The van der Waals surface area contributed by atoms with Crippen molar-refractivity contribution < 1.29 is 38.2 Å². The predicted molar refractivity (Wildman–Crippen MR) is 167 cm³/mol. The molecule has 1 aliphatic rings. The number of nitrogens with one attached hydrogen (secondary N) is 2. The predicted octanol–water partition coefficient (Wildman–Crippen LogP) is 3.98. The largest absolute Gasteiger partial charge is 0.493 e. The second-order valence-electron chi connectivity index (χ2n) is 12.3. The second kappa shape index (κ2) is 14.2. The van der Waals surface area contributed by atoms with Gasteiger partial charge in [0, 0.05) is 23.5 Å². The Bertz CT molecular complexity index is 1370. The molecule has 236 valence electrons. The van der Waals surface area contributed by atoms with Crippen LogP contribution in [0, 0.1) is 11.3 Å². The number of fused-ring (bicyclic) bond motifs is 1. The van der Waals surface area contributed by atoms with E-state index in [9.17, 15) is 28.7 Å². The average molecular weight is 636 g/mol. The Kier molecular flexibility index (Phi) is 11.4. The molecule has 11 nitrogen and oxygen atoms in total. The van der Waals surface area contributed by atoms with Crippen LogP contribution in [0.2, 0.25) is 0 Å². The number of nitrogens with two attached hydrogens (primary N) is 1. The molecule has 2 aromatic carbocycles. The van der Waals surface area contributed by atoms with Gasteiger partial charge in [-0.2, -0.15) is 0 Å². The van der Waals surface area contributed by atoms with Crippen LogP contribution in [-0.4, -0.2) is 46.8 Å². The summed E-state index contributed by atoms with van der Waals surface area (Å²) in [6.45, 7) is 10.00. The topological polar surface area (TPSA) is 177 Å². The second-order valence-corrected chi connectivity index (χ2v) is 15.2. The van der Waals surface area contributed by atoms with E-state index in [0.29, 0.717) is 54.2 Å². The van der Waals surface area contributed by atoms with Gasteiger partial charge in [0.2, 0.25) is 11.8 Å². The first kappa shape index (κ1) is 34.5. The lowest BCUT2D eigenvalue weighted by atomic mass is 9.94. The van der Waals surface area contributed by atoms with Crippen LogP contribution in [0.15, 0.2) is 36.4 Å². The Balaban J connectivity index is 1.91. The highest BCUT2D eigenvalue weighted by atomic mass is 31.2. The van der Waals surface area contributed by atoms with Gasteiger partial charge in [0.25, 0.3) is 5.91 Å². The summed E-state index contributed by atoms with van der Waals surface area (Å²) in [4.78, 5) is 58.1. The standard InChI is InChI=1S/C30H43N3O8P2/c1-17(2)16-41-25-15-24-20(14-21(25)26(31)34)22(7-6-12-40-24)32-27(35)23(33-29(36)30(3,4)5)13-18-8-10-19(11-9-18)28(42)43(37,38)39/h8-11,14-15,17,22-23,28H,6-7,12-13,16,42H2,1-5H3,(H2,31,34)(H,32,35)(H,33,36)(H2,37,38,39)/t22-,23-,28?/m0/s1. The molecular formula is C30H43N3O8P2. The lowest BCUT2D eigenvalue weighted by molar-refractivity contribution is -0.133. The highest BCUT2D eigenvalue weighted by molar-refractivity contribution is 7.60. The number of primary amides is 1. The third-order valence-electron chi connectivity index (χ3n) is 6.96. The zero-order chi connectivity index (χ0) is 32.1. The Labute approximate surface area is 255 Å². The molecule has 1 aliphatic heterocycles. The van der Waals surface area contributed by atoms with Gasteiger partial charge < -0.3 is 35.6 Å². The third kappa shape index (κ3) is 9.51. The molecule has 0 spiro atoms. The lowest BCUT2D eigenvalue weighted by Crippen LogP contribution is -2.51. The van der Waals surface area contributed by atoms with E-state index in [1.807, 2.05) is 13.8 Å². The highest BCUT2D eigenvalue weighted by Gasteiger charge is 2.32. The first-order valence-electron chi connectivity index (χ1n) is 14.2. The molecule has 3 amide bonds. The summed E-state index contributed by atoms with van der Waals surface area (Å²) in [7, 11) is -2.20. The van der Waals surface area contributed by atoms with Gasteiger partial charge in [-0.25, -0.2) is 0 Å². The summed E-state index contributed by atoms with van der Waals surface area (Å²) in [5.41, 5.74) is 6.81. The number of amides is 3. The zero-order valence-corrected chi connectivity index (χ0v) is 27.3. The van der Waals surface area contributed by atoms with Crippen molar-refractivity contribution >= 4 is 34.6 Å². The van der Waals surface area contributed by atoms with Gasteiger partial charge >= 0.3 is 7.60 Å². The number of benzene rings is 2. The van der Waals surface area contributed by atoms with Crippen molar-refractivity contribution in [2.45, 2.75) is 71.4 Å². The normalized spacial score (nSPS) is 16.7. The molecule has 0 saturated heterocycles. The van der Waals surface area contributed by atoms with E-state index in [2.05, 4.69) is 19.9 Å². The quantitative estimate of drug-likeness (QED) is 0.230. The minimum absolute atomic E-state index is 0.135. The Morgan fingerprint density at radius 3 is 2.37 bits per heavy atom. The summed E-state index contributed by atoms with van der Waals surface area (Å²) in [5, 5.41) is 4.85. The summed E-state index contributed by atoms with van der Waals surface area (Å²) in [6.07, 6.45) is 1.29. The van der Waals surface area contributed by atoms with Crippen molar-refractivity contribution in [3.05, 3.63) is 58.7 Å². The van der Waals surface area contributed by atoms with E-state index in [1.165, 1.54) is 0 Å². The van der Waals surface area contributed by atoms with E-state index in [4.69, 9.17) is 15.2 Å². The first-order chi connectivity index (χ1) is 20.0. The third-order valence-corrected chi connectivity index (χ3v) is 9.54. The summed E-state index contributed by atoms with van der Waals surface area (Å²) >= 11 is 0. The summed E-state index contributed by atoms with van der Waals surface area (Å²) in [5.74, 6) is -0.396. The fourth-order valence-corrected chi connectivity index (χ4v) is 5.24. The van der Waals surface area contributed by atoms with Crippen molar-refractivity contribution in [3.63, 3.8) is 0 Å². The molecule has 3 rings (SSSR count). The lowest BCUT2D eigenvalue weighted by Gasteiger charge is -2.27. The van der Waals surface area contributed by atoms with Crippen LogP contribution >= 0.6 is 16.8 Å². The van der Waals surface area contributed by atoms with E-state index >= 15 is 0 Å². The van der Waals surface area contributed by atoms with Crippen LogP contribution in [0.4, 0.5) is 0 Å². The monoisotopic (exact) mass is 635 g/mol. The molecule has 13 heteroatoms. The van der Waals surface area contributed by atoms with Crippen LogP contribution in [0.5, 0.6) is 11.5 Å². The minimum Gasteiger partial charge on any atom is -0.493 e. The fourth-order valence-electron chi connectivity index (χ4n) is 4.46. The number of rotatable bonds is 11. The van der Waals surface area contributed by atoms with E-state index in [0.717, 1.165) is 0 Å². The number of hydrogen-bond donors (Lipinski definition) is 5. The number of carbonyl (C=O) groups is 3. The van der Waals surface area contributed by atoms with Gasteiger partial charge in [-0.05, 0) is 36.0 Å². The molecule has 0 bridgehead atoms. The molecule has 1 heterocycles. The molecule has 4 atom stereocenters. The molecule has 43 heavy (non-hydrogen) atoms. The van der Waals surface area contributed by atoms with Crippen LogP contribution in [0.1, 0.15) is 86.0 Å². The van der Waals surface area contributed by atoms with Crippen LogP contribution in [-0.2, 0) is 20.6 Å². The molecule has 2 unspecified atom stereocenters. The molecule has 0 fully saturated rings. The SMILES string of the molecule is CC(C)COc1cc2c(cc1C(N)=O)[C@@H](NC(=O)[C@H](Cc1ccc(C(P)P(=O)(O)O)cc1)NC(=O)C(C)(C)C)CCCO2. The molecule has 2 aromatic rings. The Morgan fingerprint density at radius 1 is 1.16 bits per heavy atom. The Hall–Kier alpha value is -2.97. The number of ether oxygens (including phenoxy) is 2. The number of hydrogen-bond acceptors (Lipinski definition) is 6. The van der Waals surface area contributed by atoms with Crippen molar-refractivity contribution in [3.8, 4) is 11.5 Å². The number of carbonyl (C=O) groups excluding carboxylic acids is 3. The maximum absolute atomic E-state index is 13.8. The molecule has 0 saturated carbocycles. The maximum Gasteiger partial charge on any atom is 0.336 e. The molecule has 0 aliphatic carbocycles. The van der Waals surface area contributed by atoms with Crippen LogP contribution < -0.4 is 25.8 Å². The van der Waals surface area contributed by atoms with E-state index in [-0.39, 0.29) is 23.8 Å². The smallest absolute Gasteiger partial charge is 0.336 e. The van der Waals surface area contributed by atoms with Crippen molar-refractivity contribution in [2.24, 2.45) is 17.1 Å². The van der Waals surface area contributed by atoms with Crippen molar-refractivity contribution in [1.29, 1.82) is 0 Å². The zero-order valence-electron chi connectivity index (χ0n) is 25.3. The van der Waals surface area contributed by atoms with Gasteiger partial charge in [0.1, 0.15) is 17.5 Å². The maximum atomic E-state index is 13.8. The fraction of sp³-hybridized carbons (Fsp3) is 0.500. The molecule has 6 N–H and O–H groups in total. The van der Waals surface area contributed by atoms with Gasteiger partial charge in [-0.1, -0.05) is 58.9 Å². The van der Waals surface area contributed by atoms with Gasteiger partial charge in [0.15, 0.2) is 0 Å². The van der Waals surface area contributed by atoms with Crippen molar-refractivity contribution in [1.82, 2.24) is 10.6 Å². The van der Waals surface area contributed by atoms with E-state index in [1.54, 1.807) is 57.2 Å². The van der Waals surface area contributed by atoms with Gasteiger partial charge in [-0.15, -0.1) is 9.24 Å². The summed E-state index contributed by atoms with van der Waals surface area (Å²) in [6, 6.07) is 8.30. The molecular weight excluding hydrogens is 592 g/mol. The molecule has 0 radical (unpaired) electrons. The van der Waals surface area contributed by atoms with Crippen LogP contribution in [0.25, 0.3) is 0 Å². The average Bonchev–Trinajstić information content (AvgIpc) is 3.11. The minimum atomic E-state index is -4.35. The van der Waals surface area contributed by atoms with Gasteiger partial charge in [-0.3, -0.25) is 18.9 Å². The van der Waals surface area contributed by atoms with Crippen molar-refractivity contribution in [2.75, 3.05) is 13.2 Å².